The van der Waals surface area contributed by atoms with E-state index in [1.807, 2.05) is 0 Å². The molecular formula is C4H12N2O. The molecule has 44 valence electrons. The zero-order chi connectivity index (χ0) is 5.70. The first-order valence-electron chi connectivity index (χ1n) is 2.23. The molecule has 1 rings (SSSR count). The molecule has 0 aromatic heterocycles. The summed E-state index contributed by atoms with van der Waals surface area (Å²) in [6, 6.07) is 0. The molecule has 1 aliphatic heterocycles. The number of nitrogens with zero attached hydrogens (tertiary/aromatic N) is 1. The van der Waals surface area contributed by atoms with E-state index in [2.05, 4.69) is 4.74 Å². The molecule has 0 aromatic carbocycles. The molecule has 2 N–H and O–H groups in total. The Morgan fingerprint density at radius 3 is 1.57 bits per heavy atom. The van der Waals surface area contributed by atoms with Crippen molar-refractivity contribution in [2.45, 2.75) is 0 Å². The minimum Gasteiger partial charge on any atom is -0.377 e. The van der Waals surface area contributed by atoms with E-state index in [4.69, 9.17) is 5.84 Å². The van der Waals surface area contributed by atoms with Crippen LogP contribution in [-0.4, -0.2) is 32.3 Å². The Kier molecular flexibility index (Phi) is 3.98. The van der Waals surface area contributed by atoms with E-state index in [-0.39, 0.29) is 0 Å². The van der Waals surface area contributed by atoms with E-state index in [0.717, 1.165) is 13.2 Å². The fourth-order valence-electron chi connectivity index (χ4n) is 0. The Hall–Kier alpha value is -0.120. The minimum absolute atomic E-state index is 1.00. The first-order chi connectivity index (χ1) is 3.23. The molecule has 0 spiro atoms. The highest BCUT2D eigenvalue weighted by molar-refractivity contribution is 4.36. The van der Waals surface area contributed by atoms with E-state index in [0.29, 0.717) is 0 Å². The van der Waals surface area contributed by atoms with Crippen LogP contribution >= 0.6 is 0 Å². The summed E-state index contributed by atoms with van der Waals surface area (Å²) in [7, 11) is 3.56. The summed E-state index contributed by atoms with van der Waals surface area (Å²) in [5.41, 5.74) is 0. The van der Waals surface area contributed by atoms with Gasteiger partial charge in [0.05, 0.1) is 13.2 Å². The maximum absolute atomic E-state index is 4.94. The summed E-state index contributed by atoms with van der Waals surface area (Å²) in [5, 5.41) is 1.50. The molecule has 0 saturated carbocycles. The molecule has 3 nitrogen and oxygen atoms in total. The van der Waals surface area contributed by atoms with Crippen LogP contribution in [0.5, 0.6) is 0 Å². The monoisotopic (exact) mass is 104 g/mol. The van der Waals surface area contributed by atoms with E-state index in [1.165, 1.54) is 5.01 Å². The van der Waals surface area contributed by atoms with E-state index in [9.17, 15) is 0 Å². The van der Waals surface area contributed by atoms with Gasteiger partial charge in [-0.1, -0.05) is 0 Å². The SMILES string of the molecule is C1CO1.CN(C)N. The lowest BCUT2D eigenvalue weighted by atomic mass is 11.0. The third kappa shape index (κ3) is 114. The standard InChI is InChI=1S/C2H8N2.C2H4O/c1-4(2)3;1-2-3-1/h3H2,1-2H3;1-2H2. The van der Waals surface area contributed by atoms with Gasteiger partial charge in [-0.25, -0.2) is 0 Å². The Morgan fingerprint density at radius 1 is 1.43 bits per heavy atom. The zero-order valence-corrected chi connectivity index (χ0v) is 4.85. The first kappa shape index (κ1) is 6.88. The van der Waals surface area contributed by atoms with Crippen molar-refractivity contribution in [2.75, 3.05) is 27.3 Å². The van der Waals surface area contributed by atoms with Crippen molar-refractivity contribution in [2.24, 2.45) is 5.84 Å². The van der Waals surface area contributed by atoms with Gasteiger partial charge in [-0.05, 0) is 0 Å². The summed E-state index contributed by atoms with van der Waals surface area (Å²) >= 11 is 0. The van der Waals surface area contributed by atoms with Gasteiger partial charge in [-0.3, -0.25) is 10.9 Å². The molecular weight excluding hydrogens is 92.1 g/mol. The molecule has 7 heavy (non-hydrogen) atoms. The first-order valence-corrected chi connectivity index (χ1v) is 2.23. The van der Waals surface area contributed by atoms with Crippen LogP contribution in [0.15, 0.2) is 0 Å². The average Bonchev–Trinajstić information content (AvgIpc) is 2.02. The molecule has 0 bridgehead atoms. The second kappa shape index (κ2) is 4.05. The van der Waals surface area contributed by atoms with Crippen LogP contribution in [0, 0.1) is 0 Å². The molecule has 0 aliphatic carbocycles. The summed E-state index contributed by atoms with van der Waals surface area (Å²) in [5.74, 6) is 4.94. The summed E-state index contributed by atoms with van der Waals surface area (Å²) in [6.07, 6.45) is 0. The quantitative estimate of drug-likeness (QED) is 0.254. The highest BCUT2D eigenvalue weighted by atomic mass is 16.6. The molecule has 0 unspecified atom stereocenters. The summed E-state index contributed by atoms with van der Waals surface area (Å²) in [4.78, 5) is 0. The molecule has 0 aromatic rings. The number of rotatable bonds is 0. The maximum atomic E-state index is 4.94. The van der Waals surface area contributed by atoms with Crippen molar-refractivity contribution in [3.63, 3.8) is 0 Å². The highest BCUT2D eigenvalue weighted by Gasteiger charge is 1.94. The second-order valence-corrected chi connectivity index (χ2v) is 1.58. The van der Waals surface area contributed by atoms with Crippen molar-refractivity contribution < 1.29 is 4.74 Å². The lowest BCUT2D eigenvalue weighted by Gasteiger charge is -1.91. The Morgan fingerprint density at radius 2 is 1.57 bits per heavy atom. The fraction of sp³-hybridized carbons (Fsp3) is 1.00. The molecule has 0 amide bonds. The van der Waals surface area contributed by atoms with Crippen LogP contribution < -0.4 is 5.84 Å². The predicted octanol–water partition coefficient (Wildman–Crippen LogP) is -0.562. The Balaban J connectivity index is 0.000000105. The lowest BCUT2D eigenvalue weighted by molar-refractivity contribution is 0.432. The molecule has 1 aliphatic rings. The number of hydrogen-bond acceptors (Lipinski definition) is 3. The van der Waals surface area contributed by atoms with Gasteiger partial charge in [0.2, 0.25) is 0 Å². The molecule has 0 radical (unpaired) electrons. The van der Waals surface area contributed by atoms with Crippen molar-refractivity contribution >= 4 is 0 Å². The zero-order valence-electron chi connectivity index (χ0n) is 4.85. The van der Waals surface area contributed by atoms with Crippen LogP contribution in [0.3, 0.4) is 0 Å². The van der Waals surface area contributed by atoms with Crippen molar-refractivity contribution in [3.8, 4) is 0 Å². The number of hydrogen-bond donors (Lipinski definition) is 1. The average molecular weight is 104 g/mol. The summed E-state index contributed by atoms with van der Waals surface area (Å²) in [6.45, 7) is 2.00. The van der Waals surface area contributed by atoms with Crippen molar-refractivity contribution in [3.05, 3.63) is 0 Å². The number of epoxide rings is 1. The molecule has 1 saturated heterocycles. The number of ether oxygens (including phenoxy) is 1. The molecule has 3 heteroatoms. The van der Waals surface area contributed by atoms with Crippen LogP contribution in [0.4, 0.5) is 0 Å². The van der Waals surface area contributed by atoms with Gasteiger partial charge in [0.15, 0.2) is 0 Å². The van der Waals surface area contributed by atoms with Crippen molar-refractivity contribution in [1.29, 1.82) is 0 Å². The molecule has 0 atom stereocenters. The Labute approximate surface area is 44.0 Å². The van der Waals surface area contributed by atoms with E-state index < -0.39 is 0 Å². The van der Waals surface area contributed by atoms with E-state index in [1.54, 1.807) is 14.1 Å². The van der Waals surface area contributed by atoms with Crippen LogP contribution in [0.1, 0.15) is 0 Å². The smallest absolute Gasteiger partial charge is 0.0701 e. The topological polar surface area (TPSA) is 41.8 Å². The van der Waals surface area contributed by atoms with Crippen LogP contribution in [-0.2, 0) is 4.74 Å². The van der Waals surface area contributed by atoms with Gasteiger partial charge in [-0.15, -0.1) is 0 Å². The van der Waals surface area contributed by atoms with E-state index >= 15 is 0 Å². The fourth-order valence-corrected chi connectivity index (χ4v) is 0. The van der Waals surface area contributed by atoms with Gasteiger partial charge in [0.25, 0.3) is 0 Å². The highest BCUT2D eigenvalue weighted by Crippen LogP contribution is 1.84. The number of nitrogens with two attached hydrogens (primary N) is 1. The minimum atomic E-state index is 1.00. The number of hydrazine groups is 1. The maximum Gasteiger partial charge on any atom is 0.0701 e. The summed E-state index contributed by atoms with van der Waals surface area (Å²) < 4.78 is 4.50. The van der Waals surface area contributed by atoms with Gasteiger partial charge in [0, 0.05) is 14.1 Å². The molecule has 1 fully saturated rings. The third-order valence-electron chi connectivity index (χ3n) is 0.204. The normalized spacial score (nSPS) is 15.4. The third-order valence-corrected chi connectivity index (χ3v) is 0.204. The van der Waals surface area contributed by atoms with Crippen molar-refractivity contribution in [1.82, 2.24) is 5.01 Å². The Bertz CT molecular complexity index is 31.2. The van der Waals surface area contributed by atoms with Gasteiger partial charge in [0.1, 0.15) is 0 Å². The largest absolute Gasteiger partial charge is 0.377 e. The lowest BCUT2D eigenvalue weighted by Crippen LogP contribution is -2.18. The second-order valence-electron chi connectivity index (χ2n) is 1.58. The van der Waals surface area contributed by atoms with Crippen LogP contribution in [0.2, 0.25) is 0 Å². The predicted molar refractivity (Wildman–Crippen MR) is 28.7 cm³/mol. The van der Waals surface area contributed by atoms with Crippen LogP contribution in [0.25, 0.3) is 0 Å². The van der Waals surface area contributed by atoms with Gasteiger partial charge in [-0.2, -0.15) is 0 Å². The molecule has 1 heterocycles. The van der Waals surface area contributed by atoms with Gasteiger partial charge < -0.3 is 4.74 Å². The van der Waals surface area contributed by atoms with Gasteiger partial charge >= 0.3 is 0 Å².